The number of unbranched alkanes of at least 4 members (excludes halogenated alkanes) is 2. The highest BCUT2D eigenvalue weighted by atomic mass is 16.3. The Balaban J connectivity index is 1.95. The molecule has 0 spiro atoms. The Bertz CT molecular complexity index is 712. The number of furan rings is 1. The van der Waals surface area contributed by atoms with Crippen LogP contribution in [0.3, 0.4) is 0 Å². The zero-order valence-electron chi connectivity index (χ0n) is 11.8. The number of aliphatic hydroxyl groups excluding tert-OH is 1. The standard InChI is InChI=1S/C18H20O2/c1-2-3-4-8-16(19)13-10-11-18-15(12-13)14-7-5-6-9-17(14)20-18/h5-7,9-12,16,19H,2-4,8H2,1H3. The molecule has 0 aliphatic heterocycles. The highest BCUT2D eigenvalue weighted by molar-refractivity contribution is 6.04. The van der Waals surface area contributed by atoms with E-state index in [1.165, 1.54) is 12.8 Å². The van der Waals surface area contributed by atoms with Crippen molar-refractivity contribution in [3.8, 4) is 0 Å². The van der Waals surface area contributed by atoms with E-state index >= 15 is 0 Å². The summed E-state index contributed by atoms with van der Waals surface area (Å²) in [6, 6.07) is 14.0. The van der Waals surface area contributed by atoms with E-state index in [9.17, 15) is 5.11 Å². The summed E-state index contributed by atoms with van der Waals surface area (Å²) in [7, 11) is 0. The summed E-state index contributed by atoms with van der Waals surface area (Å²) in [6.07, 6.45) is 3.88. The molecule has 104 valence electrons. The van der Waals surface area contributed by atoms with Crippen LogP contribution in [0.1, 0.15) is 44.3 Å². The van der Waals surface area contributed by atoms with Crippen LogP contribution in [0.15, 0.2) is 46.9 Å². The Morgan fingerprint density at radius 1 is 1.00 bits per heavy atom. The molecule has 0 saturated heterocycles. The molecule has 0 amide bonds. The third-order valence-corrected chi connectivity index (χ3v) is 3.87. The average molecular weight is 268 g/mol. The van der Waals surface area contributed by atoms with Crippen LogP contribution < -0.4 is 0 Å². The van der Waals surface area contributed by atoms with Gasteiger partial charge in [0, 0.05) is 10.8 Å². The van der Waals surface area contributed by atoms with Crippen LogP contribution >= 0.6 is 0 Å². The van der Waals surface area contributed by atoms with E-state index in [0.717, 1.165) is 40.3 Å². The lowest BCUT2D eigenvalue weighted by Gasteiger charge is -2.10. The molecule has 0 radical (unpaired) electrons. The summed E-state index contributed by atoms with van der Waals surface area (Å²) in [5, 5.41) is 12.5. The molecule has 2 heteroatoms. The SMILES string of the molecule is CCCCCC(O)c1ccc2oc3ccccc3c2c1. The molecule has 1 unspecified atom stereocenters. The summed E-state index contributed by atoms with van der Waals surface area (Å²) >= 11 is 0. The Morgan fingerprint density at radius 2 is 1.80 bits per heavy atom. The number of benzene rings is 2. The molecule has 3 rings (SSSR count). The third kappa shape index (κ3) is 2.44. The fourth-order valence-corrected chi connectivity index (χ4v) is 2.71. The van der Waals surface area contributed by atoms with E-state index in [0.29, 0.717) is 0 Å². The molecule has 1 heterocycles. The quantitative estimate of drug-likeness (QED) is 0.645. The van der Waals surface area contributed by atoms with Crippen LogP contribution in [-0.4, -0.2) is 5.11 Å². The molecular formula is C18H20O2. The first-order chi connectivity index (χ1) is 9.79. The second kappa shape index (κ2) is 5.68. The largest absolute Gasteiger partial charge is 0.456 e. The van der Waals surface area contributed by atoms with Gasteiger partial charge in [0.2, 0.25) is 0 Å². The van der Waals surface area contributed by atoms with Crippen molar-refractivity contribution in [1.82, 2.24) is 0 Å². The van der Waals surface area contributed by atoms with Crippen LogP contribution in [-0.2, 0) is 0 Å². The first-order valence-electron chi connectivity index (χ1n) is 7.39. The van der Waals surface area contributed by atoms with Crippen LogP contribution in [0.5, 0.6) is 0 Å². The molecule has 0 bridgehead atoms. The van der Waals surface area contributed by atoms with Crippen LogP contribution in [0.4, 0.5) is 0 Å². The number of para-hydroxylation sites is 1. The molecular weight excluding hydrogens is 248 g/mol. The minimum absolute atomic E-state index is 0.375. The van der Waals surface area contributed by atoms with Gasteiger partial charge in [0.15, 0.2) is 0 Å². The van der Waals surface area contributed by atoms with Gasteiger partial charge in [-0.2, -0.15) is 0 Å². The predicted molar refractivity (Wildman–Crippen MR) is 82.8 cm³/mol. The van der Waals surface area contributed by atoms with Crippen molar-refractivity contribution in [2.24, 2.45) is 0 Å². The second-order valence-corrected chi connectivity index (χ2v) is 5.37. The maximum Gasteiger partial charge on any atom is 0.135 e. The summed E-state index contributed by atoms with van der Waals surface area (Å²) in [5.74, 6) is 0. The number of rotatable bonds is 5. The topological polar surface area (TPSA) is 33.4 Å². The number of hydrogen-bond donors (Lipinski definition) is 1. The van der Waals surface area contributed by atoms with E-state index in [1.807, 2.05) is 30.3 Å². The zero-order chi connectivity index (χ0) is 13.9. The third-order valence-electron chi connectivity index (χ3n) is 3.87. The maximum atomic E-state index is 10.3. The van der Waals surface area contributed by atoms with E-state index in [1.54, 1.807) is 0 Å². The van der Waals surface area contributed by atoms with Crippen molar-refractivity contribution in [2.75, 3.05) is 0 Å². The summed E-state index contributed by atoms with van der Waals surface area (Å²) in [6.45, 7) is 2.18. The van der Waals surface area contributed by atoms with Crippen molar-refractivity contribution in [3.63, 3.8) is 0 Å². The molecule has 0 saturated carbocycles. The highest BCUT2D eigenvalue weighted by Gasteiger charge is 2.11. The van der Waals surface area contributed by atoms with Crippen molar-refractivity contribution in [2.45, 2.75) is 38.7 Å². The Morgan fingerprint density at radius 3 is 2.65 bits per heavy atom. The minimum Gasteiger partial charge on any atom is -0.456 e. The van der Waals surface area contributed by atoms with Gasteiger partial charge in [-0.15, -0.1) is 0 Å². The fourth-order valence-electron chi connectivity index (χ4n) is 2.71. The van der Waals surface area contributed by atoms with Gasteiger partial charge in [-0.05, 0) is 30.2 Å². The molecule has 1 atom stereocenters. The Kier molecular flexibility index (Phi) is 3.75. The van der Waals surface area contributed by atoms with Gasteiger partial charge in [0.05, 0.1) is 6.10 Å². The molecule has 2 aromatic carbocycles. The van der Waals surface area contributed by atoms with Crippen molar-refractivity contribution < 1.29 is 9.52 Å². The monoisotopic (exact) mass is 268 g/mol. The van der Waals surface area contributed by atoms with Gasteiger partial charge >= 0.3 is 0 Å². The van der Waals surface area contributed by atoms with Crippen LogP contribution in [0.25, 0.3) is 21.9 Å². The summed E-state index contributed by atoms with van der Waals surface area (Å²) in [4.78, 5) is 0. The number of hydrogen-bond acceptors (Lipinski definition) is 2. The highest BCUT2D eigenvalue weighted by Crippen LogP contribution is 2.31. The average Bonchev–Trinajstić information content (AvgIpc) is 2.85. The molecule has 3 aromatic rings. The molecule has 0 aliphatic carbocycles. The lowest BCUT2D eigenvalue weighted by atomic mass is 10.0. The van der Waals surface area contributed by atoms with Gasteiger partial charge < -0.3 is 9.52 Å². The fraction of sp³-hybridized carbons (Fsp3) is 0.333. The second-order valence-electron chi connectivity index (χ2n) is 5.37. The van der Waals surface area contributed by atoms with E-state index in [2.05, 4.69) is 19.1 Å². The molecule has 1 aromatic heterocycles. The molecule has 0 aliphatic rings. The van der Waals surface area contributed by atoms with Gasteiger partial charge in [-0.25, -0.2) is 0 Å². The predicted octanol–water partition coefficient (Wildman–Crippen LogP) is 5.20. The normalized spacial score (nSPS) is 13.1. The van der Waals surface area contributed by atoms with Crippen molar-refractivity contribution in [3.05, 3.63) is 48.0 Å². The number of aliphatic hydroxyl groups is 1. The van der Waals surface area contributed by atoms with Crippen LogP contribution in [0, 0.1) is 0 Å². The van der Waals surface area contributed by atoms with Crippen molar-refractivity contribution >= 4 is 21.9 Å². The molecule has 1 N–H and O–H groups in total. The van der Waals surface area contributed by atoms with Crippen LogP contribution in [0.2, 0.25) is 0 Å². The molecule has 0 fully saturated rings. The smallest absolute Gasteiger partial charge is 0.135 e. The molecule has 20 heavy (non-hydrogen) atoms. The summed E-state index contributed by atoms with van der Waals surface area (Å²) in [5.41, 5.74) is 2.77. The van der Waals surface area contributed by atoms with E-state index in [4.69, 9.17) is 4.42 Å². The summed E-state index contributed by atoms with van der Waals surface area (Å²) < 4.78 is 5.80. The van der Waals surface area contributed by atoms with Gasteiger partial charge in [-0.3, -0.25) is 0 Å². The lowest BCUT2D eigenvalue weighted by Crippen LogP contribution is -1.96. The van der Waals surface area contributed by atoms with Crippen molar-refractivity contribution in [1.29, 1.82) is 0 Å². The lowest BCUT2D eigenvalue weighted by molar-refractivity contribution is 0.164. The van der Waals surface area contributed by atoms with Gasteiger partial charge in [-0.1, -0.05) is 50.5 Å². The maximum absolute atomic E-state index is 10.3. The molecule has 2 nitrogen and oxygen atoms in total. The number of fused-ring (bicyclic) bond motifs is 3. The van der Waals surface area contributed by atoms with E-state index in [-0.39, 0.29) is 6.10 Å². The Labute approximate surface area is 119 Å². The van der Waals surface area contributed by atoms with Gasteiger partial charge in [0.25, 0.3) is 0 Å². The minimum atomic E-state index is -0.375. The Hall–Kier alpha value is -1.80. The first-order valence-corrected chi connectivity index (χ1v) is 7.39. The zero-order valence-corrected chi connectivity index (χ0v) is 11.8. The van der Waals surface area contributed by atoms with E-state index < -0.39 is 0 Å². The first kappa shape index (κ1) is 13.2. The van der Waals surface area contributed by atoms with Gasteiger partial charge in [0.1, 0.15) is 11.2 Å².